The van der Waals surface area contributed by atoms with Crippen LogP contribution in [0.15, 0.2) is 119 Å². The third-order valence-electron chi connectivity index (χ3n) is 8.50. The minimum absolute atomic E-state index is 0.143. The number of thiazole rings is 1. The lowest BCUT2D eigenvalue weighted by molar-refractivity contribution is -0.138. The van der Waals surface area contributed by atoms with E-state index in [1.54, 1.807) is 42.9 Å². The van der Waals surface area contributed by atoms with Gasteiger partial charge in [-0.15, -0.1) is 0 Å². The standard InChI is InChI=1S/C39H32FN3O5S/c1-4-48-38(45)34-35(24-12-6-5-7-13-24)41-39-43(36(34)25-18-19-31(46-2)32(20-25)47-3)37(44)33(49-39)21-27-23-42(30-17-11-9-15-28(27)30)22-26-14-8-10-16-29(26)40/h5-21,23,36H,4,22H2,1-3H3/b33-21-/t36-/m0/s1. The van der Waals surface area contributed by atoms with Crippen molar-refractivity contribution >= 4 is 40.0 Å². The topological polar surface area (TPSA) is 84.1 Å². The normalized spacial score (nSPS) is 14.4. The highest BCUT2D eigenvalue weighted by Crippen LogP contribution is 2.38. The molecule has 3 heterocycles. The van der Waals surface area contributed by atoms with Crippen molar-refractivity contribution in [2.75, 3.05) is 20.8 Å². The number of nitrogens with zero attached hydrogens (tertiary/aromatic N) is 3. The van der Waals surface area contributed by atoms with Gasteiger partial charge in [0.1, 0.15) is 5.82 Å². The van der Waals surface area contributed by atoms with Gasteiger partial charge in [-0.25, -0.2) is 14.2 Å². The quantitative estimate of drug-likeness (QED) is 0.174. The number of esters is 1. The Hall–Kier alpha value is -5.74. The molecule has 0 saturated carbocycles. The fraction of sp³-hybridized carbons (Fsp3) is 0.154. The van der Waals surface area contributed by atoms with Crippen LogP contribution in [0.25, 0.3) is 22.7 Å². The second-order valence-electron chi connectivity index (χ2n) is 11.4. The van der Waals surface area contributed by atoms with E-state index in [9.17, 15) is 14.0 Å². The summed E-state index contributed by atoms with van der Waals surface area (Å²) in [5, 5.41) is 0.915. The molecule has 246 valence electrons. The number of methoxy groups -OCH3 is 2. The second kappa shape index (κ2) is 13.4. The van der Waals surface area contributed by atoms with E-state index in [1.807, 2.05) is 83.6 Å². The van der Waals surface area contributed by atoms with Gasteiger partial charge in [-0.05, 0) is 42.8 Å². The largest absolute Gasteiger partial charge is 0.493 e. The van der Waals surface area contributed by atoms with Gasteiger partial charge in [0.25, 0.3) is 5.56 Å². The molecule has 49 heavy (non-hydrogen) atoms. The Bertz CT molecular complexity index is 2430. The van der Waals surface area contributed by atoms with E-state index < -0.39 is 12.0 Å². The molecule has 0 fully saturated rings. The van der Waals surface area contributed by atoms with Crippen LogP contribution in [0.5, 0.6) is 11.5 Å². The number of hydrogen-bond donors (Lipinski definition) is 0. The number of rotatable bonds is 9. The summed E-state index contributed by atoms with van der Waals surface area (Å²) in [6, 6.07) is 28.4. The highest BCUT2D eigenvalue weighted by molar-refractivity contribution is 7.07. The van der Waals surface area contributed by atoms with Crippen molar-refractivity contribution in [3.8, 4) is 11.5 Å². The van der Waals surface area contributed by atoms with E-state index in [0.29, 0.717) is 49.8 Å². The van der Waals surface area contributed by atoms with Crippen molar-refractivity contribution in [3.05, 3.63) is 157 Å². The zero-order valence-electron chi connectivity index (χ0n) is 27.1. The molecule has 0 N–H and O–H groups in total. The summed E-state index contributed by atoms with van der Waals surface area (Å²) in [4.78, 5) is 33.7. The van der Waals surface area contributed by atoms with E-state index in [2.05, 4.69) is 0 Å². The molecule has 1 aliphatic heterocycles. The summed E-state index contributed by atoms with van der Waals surface area (Å²) in [5.74, 6) is 0.106. The average Bonchev–Trinajstić information content (AvgIpc) is 3.64. The number of carbonyl (C=O) groups is 1. The maximum absolute atomic E-state index is 14.6. The van der Waals surface area contributed by atoms with Crippen LogP contribution in [0.2, 0.25) is 0 Å². The first kappa shape index (κ1) is 31.8. The molecular formula is C39H32FN3O5S. The second-order valence-corrected chi connectivity index (χ2v) is 12.4. The number of halogens is 1. The van der Waals surface area contributed by atoms with Crippen molar-refractivity contribution in [2.24, 2.45) is 4.99 Å². The molecule has 1 atom stereocenters. The monoisotopic (exact) mass is 673 g/mol. The third-order valence-corrected chi connectivity index (χ3v) is 9.48. The molecular weight excluding hydrogens is 642 g/mol. The Morgan fingerprint density at radius 2 is 1.67 bits per heavy atom. The fourth-order valence-corrected chi connectivity index (χ4v) is 7.24. The van der Waals surface area contributed by atoms with Gasteiger partial charge in [0.15, 0.2) is 16.3 Å². The molecule has 10 heteroatoms. The zero-order valence-corrected chi connectivity index (χ0v) is 27.9. The van der Waals surface area contributed by atoms with Crippen LogP contribution in [0.4, 0.5) is 4.39 Å². The number of ether oxygens (including phenoxy) is 3. The fourth-order valence-electron chi connectivity index (χ4n) is 6.25. The molecule has 1 aliphatic rings. The number of benzene rings is 4. The van der Waals surface area contributed by atoms with E-state index in [-0.39, 0.29) is 23.6 Å². The Morgan fingerprint density at radius 1 is 0.939 bits per heavy atom. The van der Waals surface area contributed by atoms with Crippen LogP contribution >= 0.6 is 11.3 Å². The molecule has 0 spiro atoms. The maximum Gasteiger partial charge on any atom is 0.338 e. The first-order chi connectivity index (χ1) is 23.9. The molecule has 8 nitrogen and oxygen atoms in total. The third kappa shape index (κ3) is 5.84. The first-order valence-electron chi connectivity index (χ1n) is 15.7. The molecule has 6 aromatic rings. The summed E-state index contributed by atoms with van der Waals surface area (Å²) < 4.78 is 35.3. The summed E-state index contributed by atoms with van der Waals surface area (Å²) >= 11 is 1.24. The number of aromatic nitrogens is 2. The molecule has 0 bridgehead atoms. The van der Waals surface area contributed by atoms with Gasteiger partial charge in [-0.1, -0.05) is 84.1 Å². The first-order valence-corrected chi connectivity index (χ1v) is 16.5. The van der Waals surface area contributed by atoms with E-state index in [4.69, 9.17) is 19.2 Å². The van der Waals surface area contributed by atoms with Gasteiger partial charge < -0.3 is 18.8 Å². The minimum atomic E-state index is -0.880. The van der Waals surface area contributed by atoms with Crippen molar-refractivity contribution in [1.82, 2.24) is 9.13 Å². The predicted molar refractivity (Wildman–Crippen MR) is 188 cm³/mol. The van der Waals surface area contributed by atoms with Gasteiger partial charge in [0, 0.05) is 33.8 Å². The van der Waals surface area contributed by atoms with Crippen molar-refractivity contribution in [2.45, 2.75) is 19.5 Å². The molecule has 0 unspecified atom stereocenters. The summed E-state index contributed by atoms with van der Waals surface area (Å²) in [6.45, 7) is 2.21. The number of hydrogen-bond acceptors (Lipinski definition) is 7. The summed E-state index contributed by atoms with van der Waals surface area (Å²) in [7, 11) is 3.08. The smallest absolute Gasteiger partial charge is 0.338 e. The lowest BCUT2D eigenvalue weighted by atomic mass is 9.93. The van der Waals surface area contributed by atoms with E-state index in [0.717, 1.165) is 16.5 Å². The van der Waals surface area contributed by atoms with Crippen molar-refractivity contribution in [1.29, 1.82) is 0 Å². The van der Waals surface area contributed by atoms with E-state index >= 15 is 0 Å². The van der Waals surface area contributed by atoms with Gasteiger partial charge >= 0.3 is 5.97 Å². The number of para-hydroxylation sites is 1. The average molecular weight is 674 g/mol. The SMILES string of the molecule is CCOC(=O)C1=C(c2ccccc2)N=c2s/c(=C\c3cn(Cc4ccccc4F)c4ccccc34)c(=O)n2[C@H]1c1ccc(OC)c(OC)c1. The van der Waals surface area contributed by atoms with Gasteiger partial charge in [0.05, 0.1) is 49.2 Å². The highest BCUT2D eigenvalue weighted by atomic mass is 32.1. The Labute approximate surface area is 285 Å². The number of fused-ring (bicyclic) bond motifs is 2. The van der Waals surface area contributed by atoms with Crippen LogP contribution in [-0.2, 0) is 16.1 Å². The zero-order chi connectivity index (χ0) is 34.1. The molecule has 0 amide bonds. The Kier molecular flexibility index (Phi) is 8.71. The molecule has 7 rings (SSSR count). The summed E-state index contributed by atoms with van der Waals surface area (Å²) in [6.07, 6.45) is 3.77. The maximum atomic E-state index is 14.6. The molecule has 0 aliphatic carbocycles. The Morgan fingerprint density at radius 3 is 2.43 bits per heavy atom. The molecule has 4 aromatic carbocycles. The van der Waals surface area contributed by atoms with Gasteiger partial charge in [0.2, 0.25) is 0 Å². The van der Waals surface area contributed by atoms with Crippen molar-refractivity contribution < 1.29 is 23.4 Å². The van der Waals surface area contributed by atoms with Gasteiger partial charge in [-0.3, -0.25) is 9.36 Å². The number of carbonyl (C=O) groups excluding carboxylic acids is 1. The van der Waals surface area contributed by atoms with Crippen LogP contribution in [-0.4, -0.2) is 35.9 Å². The molecule has 0 saturated heterocycles. The Balaban J connectivity index is 1.47. The van der Waals surface area contributed by atoms with Gasteiger partial charge in [-0.2, -0.15) is 0 Å². The van der Waals surface area contributed by atoms with E-state index in [1.165, 1.54) is 24.5 Å². The minimum Gasteiger partial charge on any atom is -0.493 e. The molecule has 0 radical (unpaired) electrons. The summed E-state index contributed by atoms with van der Waals surface area (Å²) in [5.41, 5.74) is 3.95. The van der Waals surface area contributed by atoms with Crippen LogP contribution in [0.3, 0.4) is 0 Å². The van der Waals surface area contributed by atoms with Crippen molar-refractivity contribution in [3.63, 3.8) is 0 Å². The lowest BCUT2D eigenvalue weighted by Gasteiger charge is -2.26. The van der Waals surface area contributed by atoms with Crippen LogP contribution < -0.4 is 24.4 Å². The predicted octanol–water partition coefficient (Wildman–Crippen LogP) is 6.09. The van der Waals surface area contributed by atoms with Crippen LogP contribution in [0.1, 0.15) is 35.2 Å². The van der Waals surface area contributed by atoms with Crippen LogP contribution in [0, 0.1) is 5.82 Å². The molecule has 2 aromatic heterocycles. The lowest BCUT2D eigenvalue weighted by Crippen LogP contribution is -2.40. The highest BCUT2D eigenvalue weighted by Gasteiger charge is 2.35.